The second kappa shape index (κ2) is 7.23. The average molecular weight is 290 g/mol. The van der Waals surface area contributed by atoms with Crippen LogP contribution in [0.4, 0.5) is 5.69 Å². The third-order valence-electron chi connectivity index (χ3n) is 4.64. The zero-order chi connectivity index (χ0) is 15.4. The highest BCUT2D eigenvalue weighted by Gasteiger charge is 2.26. The lowest BCUT2D eigenvalue weighted by Gasteiger charge is -2.43. The molecule has 21 heavy (non-hydrogen) atoms. The summed E-state index contributed by atoms with van der Waals surface area (Å²) in [6.07, 6.45) is 3.18. The van der Waals surface area contributed by atoms with Gasteiger partial charge in [0.25, 0.3) is 0 Å². The Labute approximate surface area is 129 Å². The number of rotatable bonds is 5. The number of nitrogens with one attached hydrogen (secondary N) is 1. The second-order valence-electron chi connectivity index (χ2n) is 6.39. The molecular weight excluding hydrogens is 260 g/mol. The predicted octanol–water partition coefficient (Wildman–Crippen LogP) is 2.67. The van der Waals surface area contributed by atoms with E-state index < -0.39 is 0 Å². The van der Waals surface area contributed by atoms with Crippen LogP contribution in [0, 0.1) is 0 Å². The van der Waals surface area contributed by atoms with Gasteiger partial charge in [0.1, 0.15) is 0 Å². The Morgan fingerprint density at radius 3 is 2.48 bits per heavy atom. The van der Waals surface area contributed by atoms with Crippen molar-refractivity contribution in [3.63, 3.8) is 0 Å². The standard InChI is InChI=1S/C17H30N4/c1-6-9-18-15(4)17-8-7-16(10-19-17)21-11-13(2)20(5)14(3)12-21/h7-8,10,13-15,18H,6,9,11-12H2,1-5H3. The fourth-order valence-corrected chi connectivity index (χ4v) is 2.92. The molecule has 2 rings (SSSR count). The van der Waals surface area contributed by atoms with Crippen molar-refractivity contribution in [1.82, 2.24) is 15.2 Å². The van der Waals surface area contributed by atoms with Gasteiger partial charge in [-0.15, -0.1) is 0 Å². The molecule has 1 aromatic rings. The number of hydrogen-bond acceptors (Lipinski definition) is 4. The molecule has 1 aliphatic heterocycles. The van der Waals surface area contributed by atoms with Crippen molar-refractivity contribution in [3.05, 3.63) is 24.0 Å². The summed E-state index contributed by atoms with van der Waals surface area (Å²) in [5.74, 6) is 0. The van der Waals surface area contributed by atoms with Crippen molar-refractivity contribution in [2.24, 2.45) is 0 Å². The molecule has 4 heteroatoms. The lowest BCUT2D eigenvalue weighted by Crippen LogP contribution is -2.55. The summed E-state index contributed by atoms with van der Waals surface area (Å²) in [6.45, 7) is 12.1. The lowest BCUT2D eigenvalue weighted by atomic mass is 10.1. The van der Waals surface area contributed by atoms with Gasteiger partial charge in [-0.05, 0) is 52.9 Å². The minimum absolute atomic E-state index is 0.323. The lowest BCUT2D eigenvalue weighted by molar-refractivity contribution is 0.170. The summed E-state index contributed by atoms with van der Waals surface area (Å²) < 4.78 is 0. The van der Waals surface area contributed by atoms with Crippen LogP contribution in [0.5, 0.6) is 0 Å². The molecule has 4 nitrogen and oxygen atoms in total. The molecule has 2 heterocycles. The first-order chi connectivity index (χ1) is 10.0. The first-order valence-electron chi connectivity index (χ1n) is 8.19. The van der Waals surface area contributed by atoms with E-state index in [2.05, 4.69) is 67.0 Å². The van der Waals surface area contributed by atoms with Crippen LogP contribution in [0.25, 0.3) is 0 Å². The van der Waals surface area contributed by atoms with E-state index in [4.69, 9.17) is 0 Å². The zero-order valence-electron chi connectivity index (χ0n) is 14.1. The van der Waals surface area contributed by atoms with Gasteiger partial charge in [0, 0.05) is 31.2 Å². The quantitative estimate of drug-likeness (QED) is 0.903. The Bertz CT molecular complexity index is 419. The van der Waals surface area contributed by atoms with Crippen LogP contribution in [0.1, 0.15) is 45.9 Å². The van der Waals surface area contributed by atoms with Crippen molar-refractivity contribution in [2.45, 2.75) is 52.2 Å². The van der Waals surface area contributed by atoms with Crippen LogP contribution in [0.15, 0.2) is 18.3 Å². The number of aromatic nitrogens is 1. The molecule has 1 fully saturated rings. The maximum absolute atomic E-state index is 4.66. The first-order valence-corrected chi connectivity index (χ1v) is 8.19. The molecule has 1 aromatic heterocycles. The van der Waals surface area contributed by atoms with Gasteiger partial charge in [-0.3, -0.25) is 9.88 Å². The van der Waals surface area contributed by atoms with Gasteiger partial charge < -0.3 is 10.2 Å². The molecule has 3 atom stereocenters. The van der Waals surface area contributed by atoms with Crippen LogP contribution in [0.2, 0.25) is 0 Å². The molecule has 0 spiro atoms. The van der Waals surface area contributed by atoms with Gasteiger partial charge in [0.15, 0.2) is 0 Å². The first kappa shape index (κ1) is 16.2. The number of piperazine rings is 1. The summed E-state index contributed by atoms with van der Waals surface area (Å²) >= 11 is 0. The fourth-order valence-electron chi connectivity index (χ4n) is 2.92. The molecule has 118 valence electrons. The van der Waals surface area contributed by atoms with E-state index in [-0.39, 0.29) is 0 Å². The minimum Gasteiger partial charge on any atom is -0.367 e. The minimum atomic E-state index is 0.323. The summed E-state index contributed by atoms with van der Waals surface area (Å²) in [5, 5.41) is 3.48. The smallest absolute Gasteiger partial charge is 0.0572 e. The molecule has 3 unspecified atom stereocenters. The summed E-state index contributed by atoms with van der Waals surface area (Å²) in [4.78, 5) is 9.57. The van der Waals surface area contributed by atoms with E-state index in [1.807, 2.05) is 6.20 Å². The predicted molar refractivity (Wildman–Crippen MR) is 89.8 cm³/mol. The molecule has 1 N–H and O–H groups in total. The third kappa shape index (κ3) is 3.95. The highest BCUT2D eigenvalue weighted by atomic mass is 15.3. The second-order valence-corrected chi connectivity index (χ2v) is 6.39. The van der Waals surface area contributed by atoms with Gasteiger partial charge in [0.05, 0.1) is 17.6 Å². The molecule has 0 radical (unpaired) electrons. The Balaban J connectivity index is 2.02. The maximum atomic E-state index is 4.66. The normalized spacial score (nSPS) is 25.1. The monoisotopic (exact) mass is 290 g/mol. The van der Waals surface area contributed by atoms with Gasteiger partial charge in [-0.2, -0.15) is 0 Å². The summed E-state index contributed by atoms with van der Waals surface area (Å²) in [7, 11) is 2.22. The van der Waals surface area contributed by atoms with E-state index in [0.29, 0.717) is 18.1 Å². The van der Waals surface area contributed by atoms with E-state index in [1.165, 1.54) is 5.69 Å². The molecule has 0 aliphatic carbocycles. The highest BCUT2D eigenvalue weighted by molar-refractivity contribution is 5.45. The van der Waals surface area contributed by atoms with Gasteiger partial charge in [-0.1, -0.05) is 6.92 Å². The van der Waals surface area contributed by atoms with Crippen molar-refractivity contribution in [2.75, 3.05) is 31.6 Å². The van der Waals surface area contributed by atoms with Crippen molar-refractivity contribution < 1.29 is 0 Å². The van der Waals surface area contributed by atoms with Crippen LogP contribution in [-0.2, 0) is 0 Å². The topological polar surface area (TPSA) is 31.4 Å². The number of hydrogen-bond donors (Lipinski definition) is 1. The zero-order valence-corrected chi connectivity index (χ0v) is 14.1. The van der Waals surface area contributed by atoms with Gasteiger partial charge >= 0.3 is 0 Å². The SMILES string of the molecule is CCCNC(C)c1ccc(N2CC(C)N(C)C(C)C2)cn1. The Hall–Kier alpha value is -1.13. The van der Waals surface area contributed by atoms with E-state index in [1.54, 1.807) is 0 Å². The number of nitrogens with zero attached hydrogens (tertiary/aromatic N) is 3. The van der Waals surface area contributed by atoms with Crippen LogP contribution in [-0.4, -0.2) is 48.6 Å². The Morgan fingerprint density at radius 1 is 1.29 bits per heavy atom. The number of likely N-dealkylation sites (N-methyl/N-ethyl adjacent to an activating group) is 1. The molecule has 0 aromatic carbocycles. The molecular formula is C17H30N4. The van der Waals surface area contributed by atoms with Crippen LogP contribution < -0.4 is 10.2 Å². The van der Waals surface area contributed by atoms with E-state index in [0.717, 1.165) is 31.7 Å². The molecule has 1 aliphatic rings. The third-order valence-corrected chi connectivity index (χ3v) is 4.64. The van der Waals surface area contributed by atoms with E-state index >= 15 is 0 Å². The average Bonchev–Trinajstić information content (AvgIpc) is 2.50. The van der Waals surface area contributed by atoms with Crippen molar-refractivity contribution >= 4 is 5.69 Å². The number of pyridine rings is 1. The molecule has 0 saturated carbocycles. The Morgan fingerprint density at radius 2 is 1.95 bits per heavy atom. The molecule has 1 saturated heterocycles. The molecule has 0 bridgehead atoms. The largest absolute Gasteiger partial charge is 0.367 e. The van der Waals surface area contributed by atoms with Gasteiger partial charge in [0.2, 0.25) is 0 Å². The summed E-state index contributed by atoms with van der Waals surface area (Å²) in [6, 6.07) is 5.87. The Kier molecular flexibility index (Phi) is 5.59. The highest BCUT2D eigenvalue weighted by Crippen LogP contribution is 2.22. The van der Waals surface area contributed by atoms with Crippen LogP contribution >= 0.6 is 0 Å². The maximum Gasteiger partial charge on any atom is 0.0572 e. The summed E-state index contributed by atoms with van der Waals surface area (Å²) in [5.41, 5.74) is 2.37. The van der Waals surface area contributed by atoms with Crippen molar-refractivity contribution in [3.8, 4) is 0 Å². The van der Waals surface area contributed by atoms with Crippen LogP contribution in [0.3, 0.4) is 0 Å². The molecule has 0 amide bonds. The van der Waals surface area contributed by atoms with E-state index in [9.17, 15) is 0 Å². The van der Waals surface area contributed by atoms with Gasteiger partial charge in [-0.25, -0.2) is 0 Å². The fraction of sp³-hybridized carbons (Fsp3) is 0.706. The number of anilines is 1. The van der Waals surface area contributed by atoms with Crippen molar-refractivity contribution in [1.29, 1.82) is 0 Å².